The van der Waals surface area contributed by atoms with Gasteiger partial charge in [-0.2, -0.15) is 0 Å². The van der Waals surface area contributed by atoms with Gasteiger partial charge in [-0.15, -0.1) is 0 Å². The van der Waals surface area contributed by atoms with Crippen molar-refractivity contribution in [3.05, 3.63) is 71.9 Å². The van der Waals surface area contributed by atoms with Crippen LogP contribution in [0.15, 0.2) is 66.9 Å². The van der Waals surface area contributed by atoms with Crippen LogP contribution in [0, 0.1) is 0 Å². The molecule has 0 bridgehead atoms. The topological polar surface area (TPSA) is 64.1 Å². The van der Waals surface area contributed by atoms with E-state index in [1.807, 2.05) is 36.4 Å². The first-order valence-electron chi connectivity index (χ1n) is 8.17. The third kappa shape index (κ3) is 4.24. The number of nitrogens with zero attached hydrogens (tertiary/aromatic N) is 2. The van der Waals surface area contributed by atoms with Crippen LogP contribution >= 0.6 is 22.9 Å². The van der Waals surface area contributed by atoms with Crippen molar-refractivity contribution < 1.29 is 9.53 Å². The van der Waals surface area contributed by atoms with Gasteiger partial charge in [-0.05, 0) is 42.5 Å². The summed E-state index contributed by atoms with van der Waals surface area (Å²) in [6.07, 6.45) is 1.75. The van der Waals surface area contributed by atoms with Crippen LogP contribution in [0.4, 0.5) is 5.69 Å². The van der Waals surface area contributed by atoms with Crippen molar-refractivity contribution in [2.24, 2.45) is 0 Å². The Hall–Kier alpha value is -2.96. The van der Waals surface area contributed by atoms with E-state index in [1.165, 1.54) is 11.3 Å². The quantitative estimate of drug-likeness (QED) is 0.514. The average Bonchev–Trinajstić information content (AvgIpc) is 3.11. The molecule has 0 atom stereocenters. The van der Waals surface area contributed by atoms with Gasteiger partial charge in [0.05, 0.1) is 0 Å². The number of pyridine rings is 1. The fraction of sp³-hybridized carbons (Fsp3) is 0.0500. The molecule has 0 unspecified atom stereocenters. The third-order valence-corrected chi connectivity index (χ3v) is 4.99. The van der Waals surface area contributed by atoms with Gasteiger partial charge >= 0.3 is 0 Å². The Bertz CT molecular complexity index is 1080. The van der Waals surface area contributed by atoms with Crippen LogP contribution in [-0.2, 0) is 4.79 Å². The van der Waals surface area contributed by atoms with Gasteiger partial charge in [-0.1, -0.05) is 41.1 Å². The van der Waals surface area contributed by atoms with Crippen molar-refractivity contribution in [3.63, 3.8) is 0 Å². The lowest BCUT2D eigenvalue weighted by atomic mass is 10.2. The Labute approximate surface area is 164 Å². The maximum absolute atomic E-state index is 12.2. The van der Waals surface area contributed by atoms with Crippen LogP contribution in [0.2, 0.25) is 5.02 Å². The van der Waals surface area contributed by atoms with Gasteiger partial charge in [0.1, 0.15) is 21.1 Å². The smallest absolute Gasteiger partial charge is 0.262 e. The number of hydrogen-bond acceptors (Lipinski definition) is 5. The van der Waals surface area contributed by atoms with Crippen molar-refractivity contribution in [1.82, 2.24) is 9.97 Å². The zero-order valence-electron chi connectivity index (χ0n) is 14.1. The van der Waals surface area contributed by atoms with E-state index in [1.54, 1.807) is 30.5 Å². The average molecular weight is 396 g/mol. The summed E-state index contributed by atoms with van der Waals surface area (Å²) < 4.78 is 5.46. The molecule has 2 aromatic heterocycles. The van der Waals surface area contributed by atoms with Gasteiger partial charge < -0.3 is 10.1 Å². The highest BCUT2D eigenvalue weighted by molar-refractivity contribution is 7.21. The van der Waals surface area contributed by atoms with Crippen LogP contribution in [0.5, 0.6) is 5.75 Å². The number of thiazole rings is 1. The zero-order chi connectivity index (χ0) is 18.6. The zero-order valence-corrected chi connectivity index (χ0v) is 15.6. The molecule has 134 valence electrons. The fourth-order valence-corrected chi connectivity index (χ4v) is 3.61. The standard InChI is InChI=1S/C20H14ClN3O2S/c21-14-5-2-7-16(11-14)26-12-18(25)23-15-6-1-4-13(10-15)19-24-17-8-3-9-22-20(17)27-19/h1-11H,12H2,(H,23,25). The van der Waals surface area contributed by atoms with E-state index in [2.05, 4.69) is 15.3 Å². The second kappa shape index (κ2) is 7.73. The number of nitrogens with one attached hydrogen (secondary N) is 1. The second-order valence-electron chi connectivity index (χ2n) is 5.72. The van der Waals surface area contributed by atoms with Crippen molar-refractivity contribution in [2.75, 3.05) is 11.9 Å². The number of halogens is 1. The Kier molecular flexibility index (Phi) is 5.00. The monoisotopic (exact) mass is 395 g/mol. The van der Waals surface area contributed by atoms with Crippen LogP contribution in [0.25, 0.3) is 20.9 Å². The first kappa shape index (κ1) is 17.5. The molecule has 1 amide bonds. The van der Waals surface area contributed by atoms with E-state index in [0.29, 0.717) is 16.5 Å². The molecule has 0 aliphatic rings. The van der Waals surface area contributed by atoms with E-state index in [4.69, 9.17) is 16.3 Å². The largest absolute Gasteiger partial charge is 0.484 e. The summed E-state index contributed by atoms with van der Waals surface area (Å²) in [6.45, 7) is -0.102. The molecule has 0 aliphatic heterocycles. The summed E-state index contributed by atoms with van der Waals surface area (Å²) in [5.74, 6) is 0.298. The summed E-state index contributed by atoms with van der Waals surface area (Å²) >= 11 is 7.42. The fourth-order valence-electron chi connectivity index (χ4n) is 2.53. The molecule has 4 aromatic rings. The molecule has 0 aliphatic carbocycles. The molecular weight excluding hydrogens is 382 g/mol. The van der Waals surface area contributed by atoms with Crippen molar-refractivity contribution in [1.29, 1.82) is 0 Å². The number of carbonyl (C=O) groups is 1. The number of ether oxygens (including phenoxy) is 1. The van der Waals surface area contributed by atoms with Gasteiger partial charge in [-0.3, -0.25) is 4.79 Å². The highest BCUT2D eigenvalue weighted by Crippen LogP contribution is 2.30. The molecule has 5 nitrogen and oxygen atoms in total. The minimum atomic E-state index is -0.252. The minimum absolute atomic E-state index is 0.102. The number of hydrogen-bond donors (Lipinski definition) is 1. The molecule has 4 rings (SSSR count). The van der Waals surface area contributed by atoms with Gasteiger partial charge in [0, 0.05) is 22.5 Å². The Morgan fingerprint density at radius 2 is 2.00 bits per heavy atom. The molecule has 27 heavy (non-hydrogen) atoms. The summed E-state index contributed by atoms with van der Waals surface area (Å²) in [7, 11) is 0. The summed E-state index contributed by atoms with van der Waals surface area (Å²) in [6, 6.07) is 18.3. The highest BCUT2D eigenvalue weighted by Gasteiger charge is 2.09. The summed E-state index contributed by atoms with van der Waals surface area (Å²) in [4.78, 5) is 22.0. The minimum Gasteiger partial charge on any atom is -0.484 e. The number of benzene rings is 2. The normalized spacial score (nSPS) is 10.7. The van der Waals surface area contributed by atoms with E-state index >= 15 is 0 Å². The van der Waals surface area contributed by atoms with Gasteiger partial charge in [0.25, 0.3) is 5.91 Å². The van der Waals surface area contributed by atoms with Gasteiger partial charge in [0.2, 0.25) is 0 Å². The van der Waals surface area contributed by atoms with Crippen LogP contribution in [0.1, 0.15) is 0 Å². The van der Waals surface area contributed by atoms with Crippen molar-refractivity contribution in [3.8, 4) is 16.3 Å². The molecule has 2 heterocycles. The Morgan fingerprint density at radius 3 is 2.85 bits per heavy atom. The maximum atomic E-state index is 12.2. The predicted octanol–water partition coefficient (Wildman–Crippen LogP) is 5.03. The first-order valence-corrected chi connectivity index (χ1v) is 9.37. The van der Waals surface area contributed by atoms with Gasteiger partial charge in [0.15, 0.2) is 6.61 Å². The number of amides is 1. The molecule has 0 fully saturated rings. The maximum Gasteiger partial charge on any atom is 0.262 e. The summed E-state index contributed by atoms with van der Waals surface area (Å²) in [5.41, 5.74) is 2.47. The lowest BCUT2D eigenvalue weighted by Gasteiger charge is -2.08. The van der Waals surface area contributed by atoms with Crippen LogP contribution in [0.3, 0.4) is 0 Å². The number of anilines is 1. The van der Waals surface area contributed by atoms with Crippen LogP contribution in [-0.4, -0.2) is 22.5 Å². The van der Waals surface area contributed by atoms with Crippen molar-refractivity contribution >= 4 is 44.9 Å². The second-order valence-corrected chi connectivity index (χ2v) is 7.14. The molecule has 0 saturated carbocycles. The SMILES string of the molecule is O=C(COc1cccc(Cl)c1)Nc1cccc(-c2nc3cccnc3s2)c1. The molecule has 0 saturated heterocycles. The number of carbonyl (C=O) groups excluding carboxylic acids is 1. The Morgan fingerprint density at radius 1 is 1.11 bits per heavy atom. The molecule has 1 N–H and O–H groups in total. The van der Waals surface area contributed by atoms with Crippen LogP contribution < -0.4 is 10.1 Å². The number of rotatable bonds is 5. The third-order valence-electron chi connectivity index (χ3n) is 3.73. The van der Waals surface area contributed by atoms with E-state index in [-0.39, 0.29) is 12.5 Å². The van der Waals surface area contributed by atoms with E-state index in [9.17, 15) is 4.79 Å². The molecule has 0 radical (unpaired) electrons. The van der Waals surface area contributed by atoms with E-state index < -0.39 is 0 Å². The molecule has 0 spiro atoms. The number of fused-ring (bicyclic) bond motifs is 1. The number of aromatic nitrogens is 2. The van der Waals surface area contributed by atoms with Gasteiger partial charge in [-0.25, -0.2) is 9.97 Å². The molecule has 7 heteroatoms. The predicted molar refractivity (Wildman–Crippen MR) is 108 cm³/mol. The lowest BCUT2D eigenvalue weighted by molar-refractivity contribution is -0.118. The summed E-state index contributed by atoms with van der Waals surface area (Å²) in [5, 5.41) is 4.25. The lowest BCUT2D eigenvalue weighted by Crippen LogP contribution is -2.20. The highest BCUT2D eigenvalue weighted by atomic mass is 35.5. The van der Waals surface area contributed by atoms with E-state index in [0.717, 1.165) is 20.9 Å². The molecule has 2 aromatic carbocycles. The van der Waals surface area contributed by atoms with Crippen molar-refractivity contribution in [2.45, 2.75) is 0 Å². The first-order chi connectivity index (χ1) is 13.2. The molecular formula is C20H14ClN3O2S. The Balaban J connectivity index is 1.45.